The monoisotopic (exact) mass is 365 g/mol. The number of hydrazine groups is 1. The third-order valence-corrected chi connectivity index (χ3v) is 5.00. The van der Waals surface area contributed by atoms with Crippen LogP contribution in [0.5, 0.6) is 0 Å². The Morgan fingerprint density at radius 3 is 2.81 bits per heavy atom. The van der Waals surface area contributed by atoms with Gasteiger partial charge in [0.1, 0.15) is 5.82 Å². The van der Waals surface area contributed by atoms with Gasteiger partial charge in [-0.3, -0.25) is 11.3 Å². The Hall–Kier alpha value is -1.34. The Morgan fingerprint density at radius 1 is 1.29 bits per heavy atom. The van der Waals surface area contributed by atoms with Crippen molar-refractivity contribution >= 4 is 37.5 Å². The fraction of sp³-hybridized carbons (Fsp3) is 0.133. The third-order valence-electron chi connectivity index (χ3n) is 3.26. The normalized spacial score (nSPS) is 12.7. The summed E-state index contributed by atoms with van der Waals surface area (Å²) < 4.78 is 15.0. The average Bonchev–Trinajstić information content (AvgIpc) is 2.87. The second-order valence-corrected chi connectivity index (χ2v) is 6.63. The van der Waals surface area contributed by atoms with Gasteiger partial charge in [0.15, 0.2) is 0 Å². The molecule has 0 radical (unpaired) electrons. The molecular formula is C15H13BrFN3S. The molecule has 0 bridgehead atoms. The number of para-hydroxylation sites is 1. The van der Waals surface area contributed by atoms with Gasteiger partial charge in [-0.05, 0) is 29.8 Å². The van der Waals surface area contributed by atoms with Crippen LogP contribution >= 0.6 is 27.3 Å². The number of nitrogens with zero attached hydrogens (tertiary/aromatic N) is 1. The van der Waals surface area contributed by atoms with Gasteiger partial charge >= 0.3 is 0 Å². The predicted molar refractivity (Wildman–Crippen MR) is 87.5 cm³/mol. The molecule has 3 rings (SSSR count). The third kappa shape index (κ3) is 3.13. The van der Waals surface area contributed by atoms with E-state index in [0.717, 1.165) is 20.8 Å². The molecule has 1 aromatic heterocycles. The zero-order valence-corrected chi connectivity index (χ0v) is 13.4. The lowest BCUT2D eigenvalue weighted by Gasteiger charge is -2.16. The van der Waals surface area contributed by atoms with Crippen molar-refractivity contribution in [1.82, 2.24) is 10.4 Å². The van der Waals surface area contributed by atoms with Crippen molar-refractivity contribution in [2.24, 2.45) is 5.84 Å². The fourth-order valence-electron chi connectivity index (χ4n) is 2.22. The highest BCUT2D eigenvalue weighted by atomic mass is 79.9. The van der Waals surface area contributed by atoms with E-state index in [-0.39, 0.29) is 11.9 Å². The molecule has 0 saturated heterocycles. The van der Waals surface area contributed by atoms with Gasteiger partial charge in [0.05, 0.1) is 21.3 Å². The first-order valence-electron chi connectivity index (χ1n) is 6.43. The largest absolute Gasteiger partial charge is 0.271 e. The minimum Gasteiger partial charge on any atom is -0.271 e. The molecule has 108 valence electrons. The van der Waals surface area contributed by atoms with Gasteiger partial charge in [0.25, 0.3) is 0 Å². The molecule has 3 N–H and O–H groups in total. The van der Waals surface area contributed by atoms with E-state index in [4.69, 9.17) is 5.84 Å². The lowest BCUT2D eigenvalue weighted by Crippen LogP contribution is -2.29. The van der Waals surface area contributed by atoms with Gasteiger partial charge in [-0.25, -0.2) is 9.37 Å². The predicted octanol–water partition coefficient (Wildman–Crippen LogP) is 3.95. The molecule has 0 aliphatic carbocycles. The number of thiazole rings is 1. The number of aromatic nitrogens is 1. The van der Waals surface area contributed by atoms with Crippen molar-refractivity contribution in [2.45, 2.75) is 12.5 Å². The maximum Gasteiger partial charge on any atom is 0.124 e. The molecule has 0 spiro atoms. The van der Waals surface area contributed by atoms with Crippen molar-refractivity contribution in [3.8, 4) is 0 Å². The topological polar surface area (TPSA) is 50.9 Å². The Labute approximate surface area is 134 Å². The number of nitrogens with one attached hydrogen (secondary N) is 1. The molecule has 1 unspecified atom stereocenters. The Morgan fingerprint density at radius 2 is 2.10 bits per heavy atom. The van der Waals surface area contributed by atoms with Crippen molar-refractivity contribution in [3.05, 3.63) is 63.3 Å². The molecular weight excluding hydrogens is 353 g/mol. The molecule has 21 heavy (non-hydrogen) atoms. The van der Waals surface area contributed by atoms with E-state index in [1.807, 2.05) is 18.2 Å². The second kappa shape index (κ2) is 6.19. The molecule has 0 fully saturated rings. The molecule has 0 amide bonds. The van der Waals surface area contributed by atoms with E-state index < -0.39 is 0 Å². The van der Waals surface area contributed by atoms with Crippen LogP contribution in [0.4, 0.5) is 4.39 Å². The summed E-state index contributed by atoms with van der Waals surface area (Å²) in [6.45, 7) is 0. The second-order valence-electron chi connectivity index (χ2n) is 4.66. The number of hydrogen-bond donors (Lipinski definition) is 2. The number of hydrogen-bond acceptors (Lipinski definition) is 4. The summed E-state index contributed by atoms with van der Waals surface area (Å²) >= 11 is 5.03. The molecule has 0 aliphatic heterocycles. The van der Waals surface area contributed by atoms with Crippen LogP contribution in [-0.4, -0.2) is 4.98 Å². The minimum atomic E-state index is -0.276. The van der Waals surface area contributed by atoms with Gasteiger partial charge < -0.3 is 0 Å². The Kier molecular flexibility index (Phi) is 4.30. The molecule has 0 aliphatic rings. The highest BCUT2D eigenvalue weighted by Crippen LogP contribution is 2.29. The van der Waals surface area contributed by atoms with E-state index in [1.165, 1.54) is 12.1 Å². The van der Waals surface area contributed by atoms with Crippen molar-refractivity contribution in [1.29, 1.82) is 0 Å². The summed E-state index contributed by atoms with van der Waals surface area (Å²) in [7, 11) is 0. The number of halogens is 2. The van der Waals surface area contributed by atoms with Crippen LogP contribution in [-0.2, 0) is 6.42 Å². The number of benzene rings is 2. The quantitative estimate of drug-likeness (QED) is 0.543. The van der Waals surface area contributed by atoms with Crippen LogP contribution in [0.1, 0.15) is 16.6 Å². The zero-order chi connectivity index (χ0) is 14.8. The van der Waals surface area contributed by atoms with Gasteiger partial charge in [-0.1, -0.05) is 34.1 Å². The molecule has 0 saturated carbocycles. The van der Waals surface area contributed by atoms with E-state index in [1.54, 1.807) is 17.4 Å². The Bertz CT molecular complexity index is 741. The summed E-state index contributed by atoms with van der Waals surface area (Å²) in [5, 5.41) is 0.996. The van der Waals surface area contributed by atoms with Crippen LogP contribution < -0.4 is 11.3 Å². The Balaban J connectivity index is 1.90. The van der Waals surface area contributed by atoms with Gasteiger partial charge in [0.2, 0.25) is 0 Å². The lowest BCUT2D eigenvalue weighted by atomic mass is 10.0. The average molecular weight is 366 g/mol. The molecule has 1 atom stereocenters. The maximum absolute atomic E-state index is 13.2. The number of rotatable bonds is 4. The minimum absolute atomic E-state index is 0.125. The first-order chi connectivity index (χ1) is 10.2. The summed E-state index contributed by atoms with van der Waals surface area (Å²) in [6.07, 6.45) is 0.653. The van der Waals surface area contributed by atoms with Crippen LogP contribution in [0.3, 0.4) is 0 Å². The molecule has 6 heteroatoms. The fourth-order valence-corrected chi connectivity index (χ4v) is 3.86. The summed E-state index contributed by atoms with van der Waals surface area (Å²) in [6, 6.07) is 12.5. The standard InChI is InChI=1S/C15H13BrFN3S/c16-11-7-9(17)5-6-10(11)13(20-18)8-15-19-12-3-1-2-4-14(12)21-15/h1-7,13,20H,8,18H2. The lowest BCUT2D eigenvalue weighted by molar-refractivity contribution is 0.546. The molecule has 3 aromatic rings. The smallest absolute Gasteiger partial charge is 0.124 e. The number of nitrogens with two attached hydrogens (primary N) is 1. The SMILES string of the molecule is NNC(Cc1nc2ccccc2s1)c1ccc(F)cc1Br. The highest BCUT2D eigenvalue weighted by Gasteiger charge is 2.16. The van der Waals surface area contributed by atoms with Crippen molar-refractivity contribution < 1.29 is 4.39 Å². The van der Waals surface area contributed by atoms with Gasteiger partial charge in [-0.15, -0.1) is 11.3 Å². The van der Waals surface area contributed by atoms with Crippen molar-refractivity contribution in [2.75, 3.05) is 0 Å². The molecule has 1 heterocycles. The molecule has 3 nitrogen and oxygen atoms in total. The van der Waals surface area contributed by atoms with Crippen molar-refractivity contribution in [3.63, 3.8) is 0 Å². The van der Waals surface area contributed by atoms with Gasteiger partial charge in [0, 0.05) is 10.9 Å². The highest BCUT2D eigenvalue weighted by molar-refractivity contribution is 9.10. The van der Waals surface area contributed by atoms with Crippen LogP contribution in [0, 0.1) is 5.82 Å². The van der Waals surface area contributed by atoms with E-state index in [9.17, 15) is 4.39 Å². The summed E-state index contributed by atoms with van der Waals surface area (Å²) in [5.74, 6) is 5.39. The first-order valence-corrected chi connectivity index (χ1v) is 8.04. The summed E-state index contributed by atoms with van der Waals surface area (Å²) in [4.78, 5) is 4.61. The first kappa shape index (κ1) is 14.6. The summed E-state index contributed by atoms with van der Waals surface area (Å²) in [5.41, 5.74) is 4.69. The van der Waals surface area contributed by atoms with Crippen LogP contribution in [0.15, 0.2) is 46.9 Å². The van der Waals surface area contributed by atoms with Gasteiger partial charge in [-0.2, -0.15) is 0 Å². The molecule has 2 aromatic carbocycles. The van der Waals surface area contributed by atoms with Crippen LogP contribution in [0.2, 0.25) is 0 Å². The van der Waals surface area contributed by atoms with E-state index in [2.05, 4.69) is 32.4 Å². The number of fused-ring (bicyclic) bond motifs is 1. The van der Waals surface area contributed by atoms with Crippen LogP contribution in [0.25, 0.3) is 10.2 Å². The van der Waals surface area contributed by atoms with E-state index in [0.29, 0.717) is 10.9 Å². The zero-order valence-electron chi connectivity index (χ0n) is 11.0. The maximum atomic E-state index is 13.2. The van der Waals surface area contributed by atoms with E-state index >= 15 is 0 Å².